The van der Waals surface area contributed by atoms with E-state index in [9.17, 15) is 36.2 Å². The molecule has 0 spiro atoms. The molecule has 0 aliphatic rings. The van der Waals surface area contributed by atoms with E-state index >= 15 is 0 Å². The van der Waals surface area contributed by atoms with Crippen LogP contribution in [0, 0.1) is 0 Å². The Bertz CT molecular complexity index is 1160. The Morgan fingerprint density at radius 1 is 0.818 bits per heavy atom. The summed E-state index contributed by atoms with van der Waals surface area (Å²) in [5.74, 6) is -0.291. The third-order valence-corrected chi connectivity index (χ3v) is 5.12. The minimum Gasteiger partial charge on any atom is -0.497 e. The van der Waals surface area contributed by atoms with Gasteiger partial charge in [-0.15, -0.1) is 0 Å². The summed E-state index contributed by atoms with van der Waals surface area (Å²) in [5, 5.41) is 9.60. The van der Waals surface area contributed by atoms with Crippen LogP contribution in [0.15, 0.2) is 66.7 Å². The minimum absolute atomic E-state index is 0.213. The van der Waals surface area contributed by atoms with Gasteiger partial charge in [0.15, 0.2) is 0 Å². The van der Waals surface area contributed by atoms with Crippen molar-refractivity contribution < 1.29 is 41.0 Å². The van der Waals surface area contributed by atoms with Crippen LogP contribution in [0.4, 0.5) is 26.3 Å². The molecule has 0 aliphatic heterocycles. The lowest BCUT2D eigenvalue weighted by Gasteiger charge is -2.32. The van der Waals surface area contributed by atoms with E-state index in [1.807, 2.05) is 0 Å². The number of rotatable bonds is 5. The third kappa shape index (κ3) is 4.38. The van der Waals surface area contributed by atoms with E-state index in [1.54, 1.807) is 30.3 Å². The molecule has 10 heteroatoms. The number of carbonyl (C=O) groups is 1. The average Bonchev–Trinajstić information content (AvgIpc) is 2.76. The highest BCUT2D eigenvalue weighted by Gasteiger charge is 2.71. The molecule has 1 amide bonds. The second-order valence-corrected chi connectivity index (χ2v) is 7.14. The first-order valence-electron chi connectivity index (χ1n) is 9.34. The van der Waals surface area contributed by atoms with E-state index in [2.05, 4.69) is 0 Å². The molecule has 3 aromatic carbocycles. The summed E-state index contributed by atoms with van der Waals surface area (Å²) < 4.78 is 84.2. The molecule has 0 fully saturated rings. The van der Waals surface area contributed by atoms with Gasteiger partial charge in [-0.3, -0.25) is 4.79 Å². The van der Waals surface area contributed by atoms with Gasteiger partial charge < -0.3 is 15.6 Å². The molecule has 0 aromatic heterocycles. The predicted octanol–water partition coefficient (Wildman–Crippen LogP) is 5.44. The van der Waals surface area contributed by atoms with E-state index in [0.717, 1.165) is 12.1 Å². The van der Waals surface area contributed by atoms with E-state index in [1.165, 1.54) is 19.2 Å². The van der Waals surface area contributed by atoms with Crippen LogP contribution < -0.4 is 10.5 Å². The van der Waals surface area contributed by atoms with Gasteiger partial charge in [-0.2, -0.15) is 26.3 Å². The monoisotopic (exact) mass is 469 g/mol. The number of amides is 1. The van der Waals surface area contributed by atoms with Gasteiger partial charge in [0.1, 0.15) is 5.75 Å². The molecule has 0 unspecified atom stereocenters. The standard InChI is InChI=1S/C23H17F6NO3/c1-33-17-9-10-18(14-3-2-4-15(11-14)20(30)31)19(12-17)13-5-7-16(8-6-13)21(32,22(24,25)26)23(27,28)29/h2-12,32H,1H3,(H2,30,31). The van der Waals surface area contributed by atoms with Gasteiger partial charge in [-0.25, -0.2) is 0 Å². The van der Waals surface area contributed by atoms with Gasteiger partial charge in [-0.1, -0.05) is 42.5 Å². The molecular weight excluding hydrogens is 452 g/mol. The topological polar surface area (TPSA) is 72.5 Å². The molecule has 0 aliphatic carbocycles. The first kappa shape index (κ1) is 24.1. The van der Waals surface area contributed by atoms with Crippen LogP contribution in [0.25, 0.3) is 22.3 Å². The van der Waals surface area contributed by atoms with Crippen molar-refractivity contribution >= 4 is 5.91 Å². The van der Waals surface area contributed by atoms with Gasteiger partial charge in [-0.05, 0) is 46.5 Å². The van der Waals surface area contributed by atoms with Crippen molar-refractivity contribution in [3.63, 3.8) is 0 Å². The first-order chi connectivity index (χ1) is 15.3. The second-order valence-electron chi connectivity index (χ2n) is 7.14. The molecule has 0 atom stereocenters. The third-order valence-electron chi connectivity index (χ3n) is 5.12. The normalized spacial score (nSPS) is 12.5. The van der Waals surface area contributed by atoms with Crippen LogP contribution in [0.5, 0.6) is 5.75 Å². The van der Waals surface area contributed by atoms with Crippen LogP contribution in [0.1, 0.15) is 15.9 Å². The number of hydrogen-bond acceptors (Lipinski definition) is 3. The number of primary amides is 1. The molecule has 3 N–H and O–H groups in total. The lowest BCUT2D eigenvalue weighted by atomic mass is 9.89. The Morgan fingerprint density at radius 3 is 1.94 bits per heavy atom. The minimum atomic E-state index is -5.98. The number of alkyl halides is 6. The van der Waals surface area contributed by atoms with Gasteiger partial charge in [0.2, 0.25) is 5.91 Å². The zero-order valence-corrected chi connectivity index (χ0v) is 17.0. The molecule has 33 heavy (non-hydrogen) atoms. The van der Waals surface area contributed by atoms with E-state index in [4.69, 9.17) is 10.5 Å². The number of aliphatic hydroxyl groups is 1. The van der Waals surface area contributed by atoms with Gasteiger partial charge >= 0.3 is 12.4 Å². The van der Waals surface area contributed by atoms with Crippen molar-refractivity contribution in [3.05, 3.63) is 77.9 Å². The smallest absolute Gasteiger partial charge is 0.430 e. The van der Waals surface area contributed by atoms with Crippen molar-refractivity contribution in [2.24, 2.45) is 5.73 Å². The van der Waals surface area contributed by atoms with Gasteiger partial charge in [0.05, 0.1) is 7.11 Å². The fourth-order valence-electron chi connectivity index (χ4n) is 3.36. The van der Waals surface area contributed by atoms with Gasteiger partial charge in [0.25, 0.3) is 5.60 Å². The highest BCUT2D eigenvalue weighted by Crippen LogP contribution is 2.50. The van der Waals surface area contributed by atoms with Crippen molar-refractivity contribution in [2.45, 2.75) is 18.0 Å². The first-order valence-corrected chi connectivity index (χ1v) is 9.34. The Balaban J connectivity index is 2.16. The maximum absolute atomic E-state index is 13.2. The Hall–Kier alpha value is -3.53. The fraction of sp³-hybridized carbons (Fsp3) is 0.174. The highest BCUT2D eigenvalue weighted by atomic mass is 19.4. The van der Waals surface area contributed by atoms with Crippen LogP contribution in [-0.2, 0) is 5.60 Å². The molecule has 0 saturated heterocycles. The summed E-state index contributed by atoms with van der Waals surface area (Å²) in [6, 6.07) is 14.2. The number of halogens is 6. The second kappa shape index (κ2) is 8.43. The zero-order valence-electron chi connectivity index (χ0n) is 17.0. The summed E-state index contributed by atoms with van der Waals surface area (Å²) in [4.78, 5) is 11.5. The van der Waals surface area contributed by atoms with E-state index in [0.29, 0.717) is 34.6 Å². The fourth-order valence-corrected chi connectivity index (χ4v) is 3.36. The zero-order chi connectivity index (χ0) is 24.6. The van der Waals surface area contributed by atoms with E-state index < -0.39 is 29.4 Å². The van der Waals surface area contributed by atoms with Crippen molar-refractivity contribution in [2.75, 3.05) is 7.11 Å². The molecule has 4 nitrogen and oxygen atoms in total. The Kier molecular flexibility index (Phi) is 6.16. The molecule has 174 valence electrons. The van der Waals surface area contributed by atoms with Gasteiger partial charge in [0, 0.05) is 11.1 Å². The summed E-state index contributed by atoms with van der Waals surface area (Å²) in [7, 11) is 1.39. The van der Waals surface area contributed by atoms with Crippen molar-refractivity contribution in [1.82, 2.24) is 0 Å². The van der Waals surface area contributed by atoms with Crippen LogP contribution in [0.2, 0.25) is 0 Å². The summed E-state index contributed by atoms with van der Waals surface area (Å²) in [6.45, 7) is 0. The molecule has 3 rings (SSSR count). The molecule has 3 aromatic rings. The lowest BCUT2D eigenvalue weighted by Crippen LogP contribution is -2.53. The molecule has 0 saturated carbocycles. The van der Waals surface area contributed by atoms with Crippen LogP contribution in [-0.4, -0.2) is 30.5 Å². The van der Waals surface area contributed by atoms with Crippen molar-refractivity contribution in [1.29, 1.82) is 0 Å². The number of hydrogen-bond donors (Lipinski definition) is 2. The van der Waals surface area contributed by atoms with Crippen LogP contribution in [0.3, 0.4) is 0 Å². The molecule has 0 heterocycles. The number of benzene rings is 3. The molecule has 0 radical (unpaired) electrons. The van der Waals surface area contributed by atoms with Crippen molar-refractivity contribution in [3.8, 4) is 28.0 Å². The predicted molar refractivity (Wildman–Crippen MR) is 108 cm³/mol. The maximum Gasteiger partial charge on any atom is 0.430 e. The highest BCUT2D eigenvalue weighted by molar-refractivity contribution is 5.95. The number of methoxy groups -OCH3 is 1. The Labute approximate surface area is 184 Å². The molecule has 0 bridgehead atoms. The average molecular weight is 469 g/mol. The summed E-state index contributed by atoms with van der Waals surface area (Å²) in [5.41, 5.74) is 0.858. The van der Waals surface area contributed by atoms with E-state index in [-0.39, 0.29) is 11.1 Å². The maximum atomic E-state index is 13.2. The van der Waals surface area contributed by atoms with Crippen LogP contribution >= 0.6 is 0 Å². The summed E-state index contributed by atoms with van der Waals surface area (Å²) in [6.07, 6.45) is -12.0. The lowest BCUT2D eigenvalue weighted by molar-refractivity contribution is -0.376. The number of nitrogens with two attached hydrogens (primary N) is 1. The Morgan fingerprint density at radius 2 is 1.42 bits per heavy atom. The quantitative estimate of drug-likeness (QED) is 0.489. The SMILES string of the molecule is COc1ccc(-c2cccc(C(N)=O)c2)c(-c2ccc(C(O)(C(F)(F)F)C(F)(F)F)cc2)c1. The molecular formula is C23H17F6NO3. The number of ether oxygens (including phenoxy) is 1. The largest absolute Gasteiger partial charge is 0.497 e. The number of carbonyl (C=O) groups excluding carboxylic acids is 1. The summed E-state index contributed by atoms with van der Waals surface area (Å²) >= 11 is 0.